The Hall–Kier alpha value is -2.48. The molecule has 0 saturated carbocycles. The molecule has 1 saturated heterocycles. The highest BCUT2D eigenvalue weighted by Crippen LogP contribution is 2.24. The third kappa shape index (κ3) is 4.49. The molecule has 2 aromatic carbocycles. The molecular weight excluding hydrogens is 399 g/mol. The maximum absolute atomic E-state index is 6.06. The number of para-hydroxylation sites is 1. The molecule has 2 aliphatic heterocycles. The SMILES string of the molecule is Cl.NC1=NC(Nc2ccc(Cl)cc2)N(c2ccccc2)C(N2CCOCC2)=N1. The van der Waals surface area contributed by atoms with Crippen molar-refractivity contribution in [2.24, 2.45) is 15.7 Å². The van der Waals surface area contributed by atoms with Gasteiger partial charge in [0, 0.05) is 29.5 Å². The minimum atomic E-state index is -0.427. The molecule has 0 aliphatic carbocycles. The van der Waals surface area contributed by atoms with Gasteiger partial charge in [0.05, 0.1) is 13.2 Å². The van der Waals surface area contributed by atoms with E-state index >= 15 is 0 Å². The molecule has 2 aliphatic rings. The zero-order valence-electron chi connectivity index (χ0n) is 15.2. The molecule has 1 atom stereocenters. The quantitative estimate of drug-likeness (QED) is 0.797. The van der Waals surface area contributed by atoms with Crippen LogP contribution in [0.2, 0.25) is 5.02 Å². The van der Waals surface area contributed by atoms with Crippen LogP contribution in [0.3, 0.4) is 0 Å². The monoisotopic (exact) mass is 420 g/mol. The molecule has 148 valence electrons. The molecule has 0 spiro atoms. The Labute approximate surface area is 175 Å². The lowest BCUT2D eigenvalue weighted by Crippen LogP contribution is -2.57. The molecule has 9 heteroatoms. The second-order valence-electron chi connectivity index (χ2n) is 6.23. The number of rotatable bonds is 3. The lowest BCUT2D eigenvalue weighted by molar-refractivity contribution is 0.0671. The van der Waals surface area contributed by atoms with Crippen molar-refractivity contribution < 1.29 is 4.74 Å². The Morgan fingerprint density at radius 2 is 1.71 bits per heavy atom. The first-order valence-corrected chi connectivity index (χ1v) is 9.19. The summed E-state index contributed by atoms with van der Waals surface area (Å²) in [6.45, 7) is 2.83. The van der Waals surface area contributed by atoms with Gasteiger partial charge < -0.3 is 20.7 Å². The zero-order valence-corrected chi connectivity index (χ0v) is 16.7. The summed E-state index contributed by atoms with van der Waals surface area (Å²) in [5.41, 5.74) is 7.93. The zero-order chi connectivity index (χ0) is 18.6. The van der Waals surface area contributed by atoms with Crippen LogP contribution in [-0.4, -0.2) is 49.4 Å². The number of anilines is 2. The number of hydrogen-bond donors (Lipinski definition) is 2. The molecule has 0 bridgehead atoms. The fraction of sp³-hybridized carbons (Fsp3) is 0.263. The third-order valence-corrected chi connectivity index (χ3v) is 4.65. The van der Waals surface area contributed by atoms with Gasteiger partial charge in [-0.05, 0) is 36.4 Å². The van der Waals surface area contributed by atoms with Crippen LogP contribution in [0.5, 0.6) is 0 Å². The van der Waals surface area contributed by atoms with Gasteiger partial charge in [0.1, 0.15) is 0 Å². The third-order valence-electron chi connectivity index (χ3n) is 4.40. The highest BCUT2D eigenvalue weighted by molar-refractivity contribution is 6.30. The van der Waals surface area contributed by atoms with Crippen LogP contribution < -0.4 is 16.0 Å². The summed E-state index contributed by atoms with van der Waals surface area (Å²) in [5, 5.41) is 4.10. The lowest BCUT2D eigenvalue weighted by atomic mass is 10.2. The van der Waals surface area contributed by atoms with Crippen LogP contribution in [0, 0.1) is 0 Å². The fourth-order valence-electron chi connectivity index (χ4n) is 3.10. The van der Waals surface area contributed by atoms with Crippen molar-refractivity contribution in [1.29, 1.82) is 0 Å². The van der Waals surface area contributed by atoms with E-state index < -0.39 is 6.29 Å². The Kier molecular flexibility index (Phi) is 6.61. The first-order chi connectivity index (χ1) is 13.2. The van der Waals surface area contributed by atoms with E-state index in [0.717, 1.165) is 30.4 Å². The summed E-state index contributed by atoms with van der Waals surface area (Å²) >= 11 is 6.00. The molecule has 0 aromatic heterocycles. The van der Waals surface area contributed by atoms with Crippen molar-refractivity contribution in [3.05, 3.63) is 59.6 Å². The number of morpholine rings is 1. The van der Waals surface area contributed by atoms with Gasteiger partial charge in [0.25, 0.3) is 0 Å². The van der Waals surface area contributed by atoms with Crippen LogP contribution in [0.4, 0.5) is 11.4 Å². The molecule has 3 N–H and O–H groups in total. The number of ether oxygens (including phenoxy) is 1. The molecule has 4 rings (SSSR count). The van der Waals surface area contributed by atoms with Crippen LogP contribution >= 0.6 is 24.0 Å². The predicted octanol–water partition coefficient (Wildman–Crippen LogP) is 2.98. The number of nitrogens with two attached hydrogens (primary N) is 1. The average molecular weight is 421 g/mol. The number of benzene rings is 2. The van der Waals surface area contributed by atoms with Crippen molar-refractivity contribution >= 4 is 47.3 Å². The van der Waals surface area contributed by atoms with E-state index in [4.69, 9.17) is 22.1 Å². The molecule has 1 unspecified atom stereocenters. The van der Waals surface area contributed by atoms with E-state index in [1.165, 1.54) is 0 Å². The van der Waals surface area contributed by atoms with E-state index in [0.29, 0.717) is 18.2 Å². The van der Waals surface area contributed by atoms with E-state index in [2.05, 4.69) is 25.1 Å². The highest BCUT2D eigenvalue weighted by Gasteiger charge is 2.31. The van der Waals surface area contributed by atoms with E-state index in [1.807, 2.05) is 54.6 Å². The van der Waals surface area contributed by atoms with E-state index in [1.54, 1.807) is 0 Å². The largest absolute Gasteiger partial charge is 0.378 e. The van der Waals surface area contributed by atoms with Gasteiger partial charge >= 0.3 is 0 Å². The molecule has 2 aromatic rings. The van der Waals surface area contributed by atoms with Gasteiger partial charge in [-0.3, -0.25) is 4.90 Å². The standard InChI is InChI=1S/C19H21ClN6O.ClH/c20-14-6-8-15(9-7-14)22-18-23-17(21)24-19(25-10-12-27-13-11-25)26(18)16-4-2-1-3-5-16;/h1-9,18,22H,10-13H2,(H2,21,23);1H. The van der Waals surface area contributed by atoms with E-state index in [-0.39, 0.29) is 18.4 Å². The Morgan fingerprint density at radius 1 is 1.04 bits per heavy atom. The first kappa shape index (κ1) is 20.3. The van der Waals surface area contributed by atoms with Crippen molar-refractivity contribution in [2.45, 2.75) is 6.29 Å². The Morgan fingerprint density at radius 3 is 2.39 bits per heavy atom. The minimum Gasteiger partial charge on any atom is -0.378 e. The summed E-state index contributed by atoms with van der Waals surface area (Å²) in [6, 6.07) is 17.5. The maximum atomic E-state index is 6.06. The summed E-state index contributed by atoms with van der Waals surface area (Å²) < 4.78 is 5.49. The van der Waals surface area contributed by atoms with Crippen molar-refractivity contribution in [3.63, 3.8) is 0 Å². The number of halogens is 2. The number of aliphatic imine (C=N–C) groups is 2. The molecule has 28 heavy (non-hydrogen) atoms. The smallest absolute Gasteiger partial charge is 0.222 e. The highest BCUT2D eigenvalue weighted by atomic mass is 35.5. The molecular formula is C19H22Cl2N6O. The number of hydrogen-bond acceptors (Lipinski definition) is 7. The Bertz CT molecular complexity index is 837. The van der Waals surface area contributed by atoms with Crippen LogP contribution in [-0.2, 0) is 4.74 Å². The van der Waals surface area contributed by atoms with E-state index in [9.17, 15) is 0 Å². The summed E-state index contributed by atoms with van der Waals surface area (Å²) in [7, 11) is 0. The maximum Gasteiger partial charge on any atom is 0.222 e. The topological polar surface area (TPSA) is 78.5 Å². The average Bonchev–Trinajstić information content (AvgIpc) is 2.71. The number of nitrogens with one attached hydrogen (secondary N) is 1. The fourth-order valence-corrected chi connectivity index (χ4v) is 3.23. The van der Waals surface area contributed by atoms with Crippen molar-refractivity contribution in [2.75, 3.05) is 36.5 Å². The van der Waals surface area contributed by atoms with Crippen molar-refractivity contribution in [3.8, 4) is 0 Å². The number of guanidine groups is 2. The van der Waals surface area contributed by atoms with Crippen LogP contribution in [0.1, 0.15) is 0 Å². The predicted molar refractivity (Wildman–Crippen MR) is 116 cm³/mol. The summed E-state index contributed by atoms with van der Waals surface area (Å²) in [5.74, 6) is 1.01. The van der Waals surface area contributed by atoms with Crippen LogP contribution in [0.25, 0.3) is 0 Å². The van der Waals surface area contributed by atoms with Crippen LogP contribution in [0.15, 0.2) is 64.6 Å². The van der Waals surface area contributed by atoms with Gasteiger partial charge in [-0.1, -0.05) is 29.8 Å². The number of nitrogens with zero attached hydrogens (tertiary/aromatic N) is 4. The second-order valence-corrected chi connectivity index (χ2v) is 6.67. The van der Waals surface area contributed by atoms with Gasteiger partial charge in [-0.25, -0.2) is 4.99 Å². The van der Waals surface area contributed by atoms with Gasteiger partial charge in [0.15, 0.2) is 0 Å². The summed E-state index contributed by atoms with van der Waals surface area (Å²) in [6.07, 6.45) is -0.427. The second kappa shape index (κ2) is 9.14. The van der Waals surface area contributed by atoms with Gasteiger partial charge in [-0.2, -0.15) is 4.99 Å². The van der Waals surface area contributed by atoms with Gasteiger partial charge in [0.2, 0.25) is 18.2 Å². The normalized spacial score (nSPS) is 19.4. The molecule has 2 heterocycles. The molecule has 1 fully saturated rings. The van der Waals surface area contributed by atoms with Gasteiger partial charge in [-0.15, -0.1) is 12.4 Å². The summed E-state index contributed by atoms with van der Waals surface area (Å²) in [4.78, 5) is 13.3. The van der Waals surface area contributed by atoms with Crippen molar-refractivity contribution in [1.82, 2.24) is 4.90 Å². The molecule has 0 amide bonds. The molecule has 0 radical (unpaired) electrons. The lowest BCUT2D eigenvalue weighted by Gasteiger charge is -2.41. The first-order valence-electron chi connectivity index (χ1n) is 8.82. The Balaban J connectivity index is 0.00000225. The minimum absolute atomic E-state index is 0. The molecule has 7 nitrogen and oxygen atoms in total.